The molecule has 0 aliphatic heterocycles. The minimum Gasteiger partial charge on any atom is -0.382 e. The zero-order valence-corrected chi connectivity index (χ0v) is 10.6. The van der Waals surface area contributed by atoms with E-state index in [0.29, 0.717) is 22.8 Å². The smallest absolute Gasteiger partial charge is 0.257 e. The van der Waals surface area contributed by atoms with E-state index in [2.05, 4.69) is 15.5 Å². The molecule has 2 aromatic rings. The Labute approximate surface area is 109 Å². The molecule has 1 aromatic heterocycles. The zero-order chi connectivity index (χ0) is 13.1. The fourth-order valence-corrected chi connectivity index (χ4v) is 1.87. The molecule has 0 saturated carbocycles. The predicted octanol–water partition coefficient (Wildman–Crippen LogP) is 1.88. The highest BCUT2D eigenvalue weighted by molar-refractivity contribution is 6.30. The molecular weight excluding hydrogens is 252 g/mol. The molecule has 0 saturated heterocycles. The van der Waals surface area contributed by atoms with Crippen LogP contribution in [0.15, 0.2) is 24.3 Å². The van der Waals surface area contributed by atoms with Crippen LogP contribution < -0.4 is 11.1 Å². The number of carbonyl (C=O) groups excluding carboxylic acids is 1. The van der Waals surface area contributed by atoms with Gasteiger partial charge < -0.3 is 11.1 Å². The Morgan fingerprint density at radius 1 is 1.56 bits per heavy atom. The molecule has 2 rings (SSSR count). The number of H-pyrrole nitrogens is 1. The van der Waals surface area contributed by atoms with E-state index in [9.17, 15) is 4.79 Å². The summed E-state index contributed by atoms with van der Waals surface area (Å²) in [7, 11) is 0. The van der Waals surface area contributed by atoms with E-state index in [1.807, 2.05) is 12.1 Å². The number of nitrogens with zero attached hydrogens (tertiary/aromatic N) is 1. The SMILES string of the molecule is Cc1[nH]nc(N)c1C(=O)NCc1cccc(Cl)c1. The third-order valence-corrected chi connectivity index (χ3v) is 2.78. The molecule has 0 aliphatic carbocycles. The van der Waals surface area contributed by atoms with Gasteiger partial charge in [0, 0.05) is 17.3 Å². The number of nitrogens with two attached hydrogens (primary N) is 1. The first-order valence-corrected chi connectivity index (χ1v) is 5.79. The Morgan fingerprint density at radius 2 is 2.33 bits per heavy atom. The lowest BCUT2D eigenvalue weighted by Gasteiger charge is -2.05. The van der Waals surface area contributed by atoms with E-state index in [-0.39, 0.29) is 11.7 Å². The number of aryl methyl sites for hydroxylation is 1. The first-order valence-electron chi connectivity index (χ1n) is 5.41. The van der Waals surface area contributed by atoms with Crippen molar-refractivity contribution in [1.29, 1.82) is 0 Å². The Bertz CT molecular complexity index is 560. The van der Waals surface area contributed by atoms with Crippen molar-refractivity contribution in [2.45, 2.75) is 13.5 Å². The summed E-state index contributed by atoms with van der Waals surface area (Å²) in [6, 6.07) is 7.30. The van der Waals surface area contributed by atoms with Gasteiger partial charge in [-0.2, -0.15) is 5.10 Å². The lowest BCUT2D eigenvalue weighted by Crippen LogP contribution is -2.24. The maximum absolute atomic E-state index is 11.9. The molecule has 6 heteroatoms. The molecule has 0 atom stereocenters. The van der Waals surface area contributed by atoms with Gasteiger partial charge in [0.2, 0.25) is 0 Å². The van der Waals surface area contributed by atoms with Crippen molar-refractivity contribution in [3.05, 3.63) is 46.1 Å². The van der Waals surface area contributed by atoms with Gasteiger partial charge in [-0.05, 0) is 24.6 Å². The van der Waals surface area contributed by atoms with Crippen LogP contribution in [0, 0.1) is 6.92 Å². The van der Waals surface area contributed by atoms with Gasteiger partial charge in [-0.15, -0.1) is 0 Å². The van der Waals surface area contributed by atoms with Crippen molar-refractivity contribution in [3.63, 3.8) is 0 Å². The number of rotatable bonds is 3. The number of amides is 1. The highest BCUT2D eigenvalue weighted by Gasteiger charge is 2.15. The van der Waals surface area contributed by atoms with Gasteiger partial charge in [-0.25, -0.2) is 0 Å². The largest absolute Gasteiger partial charge is 0.382 e. The van der Waals surface area contributed by atoms with Crippen molar-refractivity contribution >= 4 is 23.3 Å². The number of aromatic amines is 1. The molecule has 0 radical (unpaired) electrons. The molecule has 18 heavy (non-hydrogen) atoms. The van der Waals surface area contributed by atoms with Crippen molar-refractivity contribution < 1.29 is 4.79 Å². The van der Waals surface area contributed by atoms with Gasteiger partial charge in [0.25, 0.3) is 5.91 Å². The van der Waals surface area contributed by atoms with E-state index in [1.54, 1.807) is 19.1 Å². The maximum atomic E-state index is 11.9. The molecule has 0 fully saturated rings. The van der Waals surface area contributed by atoms with Crippen LogP contribution in [0.3, 0.4) is 0 Å². The number of anilines is 1. The molecule has 1 aromatic carbocycles. The van der Waals surface area contributed by atoms with E-state index in [1.165, 1.54) is 0 Å². The van der Waals surface area contributed by atoms with E-state index < -0.39 is 0 Å². The summed E-state index contributed by atoms with van der Waals surface area (Å²) in [5.41, 5.74) is 7.57. The third-order valence-electron chi connectivity index (χ3n) is 2.54. The second-order valence-corrected chi connectivity index (χ2v) is 4.36. The highest BCUT2D eigenvalue weighted by atomic mass is 35.5. The van der Waals surface area contributed by atoms with Gasteiger partial charge in [-0.3, -0.25) is 9.89 Å². The van der Waals surface area contributed by atoms with Gasteiger partial charge in [-0.1, -0.05) is 23.7 Å². The molecule has 5 nitrogen and oxygen atoms in total. The fourth-order valence-electron chi connectivity index (χ4n) is 1.65. The molecule has 1 amide bonds. The summed E-state index contributed by atoms with van der Waals surface area (Å²) in [6.45, 7) is 2.14. The van der Waals surface area contributed by atoms with Crippen LogP contribution in [0.2, 0.25) is 5.02 Å². The van der Waals surface area contributed by atoms with Crippen molar-refractivity contribution in [3.8, 4) is 0 Å². The topological polar surface area (TPSA) is 83.8 Å². The van der Waals surface area contributed by atoms with E-state index >= 15 is 0 Å². The lowest BCUT2D eigenvalue weighted by molar-refractivity contribution is 0.0951. The average Bonchev–Trinajstić information content (AvgIpc) is 2.66. The van der Waals surface area contributed by atoms with Crippen LogP contribution in [0.25, 0.3) is 0 Å². The van der Waals surface area contributed by atoms with E-state index in [0.717, 1.165) is 5.56 Å². The fraction of sp³-hybridized carbons (Fsp3) is 0.167. The minimum absolute atomic E-state index is 0.205. The number of hydrogen-bond donors (Lipinski definition) is 3. The molecule has 0 spiro atoms. The first-order chi connectivity index (χ1) is 8.58. The quantitative estimate of drug-likeness (QED) is 0.791. The van der Waals surface area contributed by atoms with Crippen LogP contribution in [0.4, 0.5) is 5.82 Å². The minimum atomic E-state index is -0.251. The maximum Gasteiger partial charge on any atom is 0.257 e. The monoisotopic (exact) mass is 264 g/mol. The summed E-state index contributed by atoms with van der Waals surface area (Å²) >= 11 is 5.86. The Kier molecular flexibility index (Phi) is 3.53. The lowest BCUT2D eigenvalue weighted by atomic mass is 10.2. The molecular formula is C12H13ClN4O. The molecule has 1 heterocycles. The first kappa shape index (κ1) is 12.4. The van der Waals surface area contributed by atoms with E-state index in [4.69, 9.17) is 17.3 Å². The number of benzene rings is 1. The predicted molar refractivity (Wildman–Crippen MR) is 70.4 cm³/mol. The van der Waals surface area contributed by atoms with Crippen LogP contribution in [-0.2, 0) is 6.54 Å². The molecule has 0 unspecified atom stereocenters. The number of hydrogen-bond acceptors (Lipinski definition) is 3. The third kappa shape index (κ3) is 2.62. The Balaban J connectivity index is 2.05. The number of nitrogens with one attached hydrogen (secondary N) is 2. The molecule has 0 aliphatic rings. The van der Waals surface area contributed by atoms with Crippen LogP contribution in [-0.4, -0.2) is 16.1 Å². The Hall–Kier alpha value is -2.01. The molecule has 0 bridgehead atoms. The average molecular weight is 265 g/mol. The van der Waals surface area contributed by atoms with Gasteiger partial charge in [0.1, 0.15) is 5.56 Å². The zero-order valence-electron chi connectivity index (χ0n) is 9.83. The van der Waals surface area contributed by atoms with Crippen molar-refractivity contribution in [2.24, 2.45) is 0 Å². The summed E-state index contributed by atoms with van der Waals surface area (Å²) in [6.07, 6.45) is 0. The Morgan fingerprint density at radius 3 is 2.94 bits per heavy atom. The second-order valence-electron chi connectivity index (χ2n) is 3.92. The summed E-state index contributed by atoms with van der Waals surface area (Å²) in [5.74, 6) is -0.0465. The molecule has 4 N–H and O–H groups in total. The number of carbonyl (C=O) groups is 1. The summed E-state index contributed by atoms with van der Waals surface area (Å²) in [5, 5.41) is 9.86. The summed E-state index contributed by atoms with van der Waals surface area (Å²) in [4.78, 5) is 11.9. The van der Waals surface area contributed by atoms with Gasteiger partial charge >= 0.3 is 0 Å². The highest BCUT2D eigenvalue weighted by Crippen LogP contribution is 2.13. The standard InChI is InChI=1S/C12H13ClN4O/c1-7-10(11(14)17-16-7)12(18)15-6-8-3-2-4-9(13)5-8/h2-5H,6H2,1H3,(H,15,18)(H3,14,16,17). The number of halogens is 1. The van der Waals surface area contributed by atoms with Crippen LogP contribution in [0.5, 0.6) is 0 Å². The second kappa shape index (κ2) is 5.10. The summed E-state index contributed by atoms with van der Waals surface area (Å²) < 4.78 is 0. The van der Waals surface area contributed by atoms with Crippen molar-refractivity contribution in [1.82, 2.24) is 15.5 Å². The number of nitrogen functional groups attached to an aromatic ring is 1. The molecule has 94 valence electrons. The van der Waals surface area contributed by atoms with Crippen LogP contribution >= 0.6 is 11.6 Å². The van der Waals surface area contributed by atoms with Crippen LogP contribution in [0.1, 0.15) is 21.6 Å². The number of aromatic nitrogens is 2. The van der Waals surface area contributed by atoms with Gasteiger partial charge in [0.05, 0.1) is 0 Å². The van der Waals surface area contributed by atoms with Crippen molar-refractivity contribution in [2.75, 3.05) is 5.73 Å². The normalized spacial score (nSPS) is 10.3. The van der Waals surface area contributed by atoms with Gasteiger partial charge in [0.15, 0.2) is 5.82 Å².